The lowest BCUT2D eigenvalue weighted by molar-refractivity contribution is 0.367. The number of aromatic nitrogens is 3. The molecule has 0 atom stereocenters. The van der Waals surface area contributed by atoms with Crippen LogP contribution >= 0.6 is 0 Å². The van der Waals surface area contributed by atoms with Crippen molar-refractivity contribution in [3.8, 4) is 0 Å². The van der Waals surface area contributed by atoms with Crippen LogP contribution < -0.4 is 5.32 Å². The van der Waals surface area contributed by atoms with Crippen LogP contribution in [-0.2, 0) is 19.5 Å². The van der Waals surface area contributed by atoms with Crippen molar-refractivity contribution < 1.29 is 4.52 Å². The van der Waals surface area contributed by atoms with Gasteiger partial charge in [-0.2, -0.15) is 0 Å². The highest BCUT2D eigenvalue weighted by molar-refractivity contribution is 5.07. The van der Waals surface area contributed by atoms with Gasteiger partial charge in [0.15, 0.2) is 5.76 Å². The fourth-order valence-electron chi connectivity index (χ4n) is 2.11. The van der Waals surface area contributed by atoms with Crippen LogP contribution in [0.25, 0.3) is 0 Å². The molecule has 0 saturated carbocycles. The normalized spacial score (nSPS) is 11.4. The zero-order chi connectivity index (χ0) is 14.4. The van der Waals surface area contributed by atoms with Crippen molar-refractivity contribution in [2.75, 3.05) is 6.54 Å². The number of hydrogen-bond donors (Lipinski definition) is 1. The topological polar surface area (TPSA) is 55.9 Å². The molecule has 1 N–H and O–H groups in total. The van der Waals surface area contributed by atoms with E-state index in [1.807, 2.05) is 18.5 Å². The zero-order valence-corrected chi connectivity index (χ0v) is 12.6. The lowest BCUT2D eigenvalue weighted by atomic mass is 10.2. The van der Waals surface area contributed by atoms with Crippen molar-refractivity contribution in [1.82, 2.24) is 20.0 Å². The van der Waals surface area contributed by atoms with E-state index in [-0.39, 0.29) is 0 Å². The van der Waals surface area contributed by atoms with Crippen molar-refractivity contribution in [3.05, 3.63) is 35.7 Å². The van der Waals surface area contributed by atoms with Gasteiger partial charge in [0.05, 0.1) is 12.2 Å². The van der Waals surface area contributed by atoms with E-state index in [0.717, 1.165) is 43.2 Å². The Kier molecular flexibility index (Phi) is 5.35. The third kappa shape index (κ3) is 4.20. The van der Waals surface area contributed by atoms with Crippen molar-refractivity contribution in [2.45, 2.75) is 46.7 Å². The van der Waals surface area contributed by atoms with Crippen LogP contribution in [-0.4, -0.2) is 21.3 Å². The van der Waals surface area contributed by atoms with Crippen molar-refractivity contribution >= 4 is 0 Å². The number of aryl methyl sites for hydroxylation is 1. The maximum atomic E-state index is 5.39. The number of imidazole rings is 1. The Morgan fingerprint density at radius 3 is 3.00 bits per heavy atom. The summed E-state index contributed by atoms with van der Waals surface area (Å²) in [4.78, 5) is 4.37. The average molecular weight is 276 g/mol. The van der Waals surface area contributed by atoms with Crippen LogP contribution in [0.3, 0.4) is 0 Å². The third-order valence-corrected chi connectivity index (χ3v) is 3.07. The van der Waals surface area contributed by atoms with Gasteiger partial charge in [-0.1, -0.05) is 25.9 Å². The lowest BCUT2D eigenvalue weighted by Crippen LogP contribution is -2.19. The number of rotatable bonds is 8. The van der Waals surface area contributed by atoms with E-state index in [0.29, 0.717) is 12.5 Å². The Labute approximate surface area is 120 Å². The van der Waals surface area contributed by atoms with E-state index in [1.165, 1.54) is 0 Å². The predicted molar refractivity (Wildman–Crippen MR) is 78.4 cm³/mol. The van der Waals surface area contributed by atoms with Crippen LogP contribution in [0.4, 0.5) is 0 Å². The summed E-state index contributed by atoms with van der Waals surface area (Å²) in [5, 5.41) is 7.46. The highest BCUT2D eigenvalue weighted by Gasteiger charge is 2.08. The molecule has 5 heteroatoms. The van der Waals surface area contributed by atoms with Crippen LogP contribution in [0.5, 0.6) is 0 Å². The molecule has 20 heavy (non-hydrogen) atoms. The first-order chi connectivity index (χ1) is 9.69. The highest BCUT2D eigenvalue weighted by atomic mass is 16.5. The minimum atomic E-state index is 0.643. The molecule has 0 aliphatic rings. The zero-order valence-electron chi connectivity index (χ0n) is 12.6. The Bertz CT molecular complexity index is 515. The molecule has 0 aromatic carbocycles. The van der Waals surface area contributed by atoms with Crippen LogP contribution in [0.1, 0.15) is 44.5 Å². The fraction of sp³-hybridized carbons (Fsp3) is 0.600. The van der Waals surface area contributed by atoms with Gasteiger partial charge in [0.2, 0.25) is 0 Å². The Morgan fingerprint density at radius 2 is 2.25 bits per heavy atom. The predicted octanol–water partition coefficient (Wildman–Crippen LogP) is 2.62. The van der Waals surface area contributed by atoms with Gasteiger partial charge in [0.25, 0.3) is 0 Å². The number of hydrogen-bond acceptors (Lipinski definition) is 4. The molecular weight excluding hydrogens is 252 g/mol. The molecule has 0 saturated heterocycles. The van der Waals surface area contributed by atoms with E-state index in [4.69, 9.17) is 4.52 Å². The molecule has 0 bridgehead atoms. The summed E-state index contributed by atoms with van der Waals surface area (Å²) in [7, 11) is 0. The fourth-order valence-corrected chi connectivity index (χ4v) is 2.11. The van der Waals surface area contributed by atoms with Gasteiger partial charge in [0, 0.05) is 31.4 Å². The van der Waals surface area contributed by atoms with Gasteiger partial charge >= 0.3 is 0 Å². The van der Waals surface area contributed by atoms with Crippen LogP contribution in [0.2, 0.25) is 0 Å². The van der Waals surface area contributed by atoms with Gasteiger partial charge in [-0.05, 0) is 18.9 Å². The van der Waals surface area contributed by atoms with Gasteiger partial charge in [-0.25, -0.2) is 4.98 Å². The monoisotopic (exact) mass is 276 g/mol. The Balaban J connectivity index is 1.90. The molecule has 2 aromatic rings. The average Bonchev–Trinajstić information content (AvgIpc) is 3.01. The molecule has 110 valence electrons. The van der Waals surface area contributed by atoms with E-state index >= 15 is 0 Å². The maximum absolute atomic E-state index is 5.39. The largest absolute Gasteiger partial charge is 0.359 e. The highest BCUT2D eigenvalue weighted by Crippen LogP contribution is 2.09. The van der Waals surface area contributed by atoms with Crippen molar-refractivity contribution in [1.29, 1.82) is 0 Å². The van der Waals surface area contributed by atoms with Crippen molar-refractivity contribution in [2.24, 2.45) is 5.92 Å². The van der Waals surface area contributed by atoms with Gasteiger partial charge in [-0.3, -0.25) is 0 Å². The van der Waals surface area contributed by atoms with E-state index < -0.39 is 0 Å². The summed E-state index contributed by atoms with van der Waals surface area (Å²) >= 11 is 0. The Hall–Kier alpha value is -1.62. The number of nitrogens with zero attached hydrogens (tertiary/aromatic N) is 3. The third-order valence-electron chi connectivity index (χ3n) is 3.07. The summed E-state index contributed by atoms with van der Waals surface area (Å²) in [5.41, 5.74) is 0.956. The van der Waals surface area contributed by atoms with E-state index in [9.17, 15) is 0 Å². The molecule has 0 aliphatic carbocycles. The summed E-state index contributed by atoms with van der Waals surface area (Å²) in [6, 6.07) is 2.02. The van der Waals surface area contributed by atoms with E-state index in [2.05, 4.69) is 40.8 Å². The second-order valence-electron chi connectivity index (χ2n) is 5.53. The van der Waals surface area contributed by atoms with Crippen LogP contribution in [0, 0.1) is 5.92 Å². The Morgan fingerprint density at radius 1 is 1.40 bits per heavy atom. The number of nitrogens with one attached hydrogen (secondary N) is 1. The molecule has 0 radical (unpaired) electrons. The summed E-state index contributed by atoms with van der Waals surface area (Å²) in [5.74, 6) is 2.62. The summed E-state index contributed by atoms with van der Waals surface area (Å²) in [6.07, 6.45) is 5.92. The molecule has 0 aliphatic heterocycles. The summed E-state index contributed by atoms with van der Waals surface area (Å²) < 4.78 is 7.51. The smallest absolute Gasteiger partial charge is 0.156 e. The molecule has 2 heterocycles. The molecule has 0 unspecified atom stereocenters. The first-order valence-electron chi connectivity index (χ1n) is 7.34. The van der Waals surface area contributed by atoms with E-state index in [1.54, 1.807) is 0 Å². The van der Waals surface area contributed by atoms with Gasteiger partial charge in [-0.15, -0.1) is 0 Å². The molecule has 2 aromatic heterocycles. The molecular formula is C15H24N4O. The standard InChI is InChI=1S/C15H24N4O/c1-4-5-15-17-6-7-19(15)11-14-8-13(18-20-14)10-16-9-12(2)3/h6-8,12,16H,4-5,9-11H2,1-3H3. The van der Waals surface area contributed by atoms with Crippen molar-refractivity contribution in [3.63, 3.8) is 0 Å². The summed E-state index contributed by atoms with van der Waals surface area (Å²) in [6.45, 7) is 8.99. The first-order valence-corrected chi connectivity index (χ1v) is 7.34. The van der Waals surface area contributed by atoms with Crippen LogP contribution in [0.15, 0.2) is 23.0 Å². The first kappa shape index (κ1) is 14.8. The maximum Gasteiger partial charge on any atom is 0.156 e. The SMILES string of the molecule is CCCc1nccn1Cc1cc(CNCC(C)C)no1. The second-order valence-corrected chi connectivity index (χ2v) is 5.53. The molecule has 5 nitrogen and oxygen atoms in total. The molecule has 0 amide bonds. The van der Waals surface area contributed by atoms with Gasteiger partial charge in [0.1, 0.15) is 5.82 Å². The minimum absolute atomic E-state index is 0.643. The molecule has 0 spiro atoms. The lowest BCUT2D eigenvalue weighted by Gasteiger charge is -2.04. The second kappa shape index (κ2) is 7.24. The quantitative estimate of drug-likeness (QED) is 0.805. The minimum Gasteiger partial charge on any atom is -0.359 e. The van der Waals surface area contributed by atoms with Gasteiger partial charge < -0.3 is 14.4 Å². The molecule has 2 rings (SSSR count). The molecule has 0 fully saturated rings.